The molecule has 0 spiro atoms. The molecule has 4 aromatic carbocycles. The molecule has 0 saturated carbocycles. The molecule has 1 aliphatic rings. The summed E-state index contributed by atoms with van der Waals surface area (Å²) >= 11 is 15.5. The molecule has 5 rings (SSSR count). The van der Waals surface area contributed by atoms with E-state index >= 15 is 0 Å². The molecule has 0 aromatic heterocycles. The zero-order chi connectivity index (χ0) is 44.3. The summed E-state index contributed by atoms with van der Waals surface area (Å²) in [6.07, 6.45) is 1.81. The van der Waals surface area contributed by atoms with Crippen molar-refractivity contribution in [3.05, 3.63) is 66.2 Å². The first kappa shape index (κ1) is 50.1. The van der Waals surface area contributed by atoms with Crippen molar-refractivity contribution >= 4 is 87.3 Å². The Kier molecular flexibility index (Phi) is 21.1. The molecule has 0 saturated heterocycles. The van der Waals surface area contributed by atoms with E-state index in [4.69, 9.17) is 64.9 Å². The SMILES string of the molecule is CCC=O.CNc1ccccc1N(C)C(=O)Oc1cc(C)c(-c2ccc3cc4c(cc3c2N(C=O)CCN(C)C)OCO4)cc1OC.COC(=N)C(Cl)(Cl)Cl.COCN. The predicted octanol–water partition coefficient (Wildman–Crippen LogP) is 7.88. The number of benzene rings is 4. The normalized spacial score (nSPS) is 11.1. The Morgan fingerprint density at radius 2 is 1.58 bits per heavy atom. The number of carbonyl (C=O) groups is 3. The van der Waals surface area contributed by atoms with Gasteiger partial charge in [0.2, 0.25) is 19.1 Å². The Morgan fingerprint density at radius 3 is 2.08 bits per heavy atom. The number of hydrogen-bond acceptors (Lipinski definition) is 13. The molecule has 4 N–H and O–H groups in total. The van der Waals surface area contributed by atoms with Gasteiger partial charge in [0.15, 0.2) is 23.0 Å². The van der Waals surface area contributed by atoms with Crippen LogP contribution in [0.5, 0.6) is 23.0 Å². The topological polar surface area (TPSA) is 178 Å². The number of hydrogen-bond donors (Lipinski definition) is 3. The lowest BCUT2D eigenvalue weighted by Gasteiger charge is -2.26. The van der Waals surface area contributed by atoms with Crippen LogP contribution in [0.4, 0.5) is 21.9 Å². The van der Waals surface area contributed by atoms with Crippen LogP contribution in [0, 0.1) is 12.3 Å². The van der Waals surface area contributed by atoms with Crippen molar-refractivity contribution in [2.45, 2.75) is 24.1 Å². The summed E-state index contributed by atoms with van der Waals surface area (Å²) in [6, 6.07) is 18.9. The summed E-state index contributed by atoms with van der Waals surface area (Å²) in [4.78, 5) is 40.1. The maximum absolute atomic E-state index is 13.2. The number of alkyl halides is 3. The number of carbonyl (C=O) groups excluding carboxylic acids is 3. The van der Waals surface area contributed by atoms with E-state index in [0.717, 1.165) is 51.5 Å². The Bertz CT molecular complexity index is 2010. The van der Waals surface area contributed by atoms with Crippen molar-refractivity contribution in [2.75, 3.05) is 91.2 Å². The van der Waals surface area contributed by atoms with Crippen LogP contribution in [0.2, 0.25) is 0 Å². The number of aryl methyl sites for hydroxylation is 1. The number of methoxy groups -OCH3 is 3. The fourth-order valence-electron chi connectivity index (χ4n) is 5.29. The van der Waals surface area contributed by atoms with Crippen LogP contribution in [0.15, 0.2) is 60.7 Å². The molecule has 2 amide bonds. The highest BCUT2D eigenvalue weighted by atomic mass is 35.6. The third kappa shape index (κ3) is 14.3. The molecule has 1 heterocycles. The molecular formula is C41H53Cl3N6O9. The highest BCUT2D eigenvalue weighted by molar-refractivity contribution is 6.76. The number of aldehydes is 1. The molecule has 1 aliphatic heterocycles. The molecule has 0 radical (unpaired) electrons. The van der Waals surface area contributed by atoms with Crippen LogP contribution in [-0.2, 0) is 19.1 Å². The van der Waals surface area contributed by atoms with Gasteiger partial charge in [-0.1, -0.05) is 66.0 Å². The van der Waals surface area contributed by atoms with Crippen LogP contribution in [0.3, 0.4) is 0 Å². The Hall–Kier alpha value is -5.03. The summed E-state index contributed by atoms with van der Waals surface area (Å²) < 4.78 is 29.7. The van der Waals surface area contributed by atoms with Crippen LogP contribution in [-0.4, -0.2) is 110 Å². The number of nitrogens with zero attached hydrogens (tertiary/aromatic N) is 3. The number of nitrogens with two attached hydrogens (primary N) is 1. The summed E-state index contributed by atoms with van der Waals surface area (Å²) in [5.74, 6) is 1.59. The average molecular weight is 880 g/mol. The zero-order valence-corrected chi connectivity index (χ0v) is 37.0. The largest absolute Gasteiger partial charge is 0.493 e. The van der Waals surface area contributed by atoms with Crippen molar-refractivity contribution < 1.29 is 42.8 Å². The second kappa shape index (κ2) is 24.8. The van der Waals surface area contributed by atoms with E-state index in [1.54, 1.807) is 32.2 Å². The first-order valence-electron chi connectivity index (χ1n) is 18.0. The summed E-state index contributed by atoms with van der Waals surface area (Å²) in [6.45, 7) is 5.36. The van der Waals surface area contributed by atoms with E-state index in [2.05, 4.69) is 14.8 Å². The maximum Gasteiger partial charge on any atom is 0.419 e. The van der Waals surface area contributed by atoms with E-state index in [-0.39, 0.29) is 18.4 Å². The number of anilines is 3. The predicted molar refractivity (Wildman–Crippen MR) is 237 cm³/mol. The van der Waals surface area contributed by atoms with Crippen molar-refractivity contribution in [3.63, 3.8) is 0 Å². The number of likely N-dealkylation sites (N-methyl/N-ethyl adjacent to an activating group) is 1. The fourth-order valence-corrected chi connectivity index (χ4v) is 5.53. The number of amides is 2. The minimum Gasteiger partial charge on any atom is -0.493 e. The van der Waals surface area contributed by atoms with E-state index < -0.39 is 9.89 Å². The number of halogens is 3. The van der Waals surface area contributed by atoms with Crippen LogP contribution < -0.4 is 39.8 Å². The van der Waals surface area contributed by atoms with Gasteiger partial charge in [0, 0.05) is 51.7 Å². The third-order valence-electron chi connectivity index (χ3n) is 8.29. The maximum atomic E-state index is 13.2. The highest BCUT2D eigenvalue weighted by Gasteiger charge is 2.27. The molecule has 0 bridgehead atoms. The summed E-state index contributed by atoms with van der Waals surface area (Å²) in [7, 11) is 11.7. The molecule has 0 aliphatic carbocycles. The number of fused-ring (bicyclic) bond motifs is 2. The molecular weight excluding hydrogens is 827 g/mol. The van der Waals surface area contributed by atoms with E-state index in [9.17, 15) is 14.4 Å². The van der Waals surface area contributed by atoms with Gasteiger partial charge in [-0.3, -0.25) is 15.1 Å². The first-order valence-corrected chi connectivity index (χ1v) is 19.2. The van der Waals surface area contributed by atoms with E-state index in [0.29, 0.717) is 49.2 Å². The van der Waals surface area contributed by atoms with Gasteiger partial charge in [-0.15, -0.1) is 0 Å². The van der Waals surface area contributed by atoms with E-state index in [1.807, 2.05) is 87.4 Å². The number of nitrogens with one attached hydrogen (secondary N) is 2. The molecule has 0 fully saturated rings. The minimum atomic E-state index is -1.71. The second-order valence-corrected chi connectivity index (χ2v) is 14.8. The minimum absolute atomic E-state index is 0.151. The Labute approximate surface area is 360 Å². The molecule has 59 heavy (non-hydrogen) atoms. The quantitative estimate of drug-likeness (QED) is 0.0413. The number of para-hydroxylation sites is 2. The van der Waals surface area contributed by atoms with Gasteiger partial charge in [-0.2, -0.15) is 0 Å². The smallest absolute Gasteiger partial charge is 0.419 e. The second-order valence-electron chi connectivity index (χ2n) is 12.6. The summed E-state index contributed by atoms with van der Waals surface area (Å²) in [5, 5.41) is 11.6. The summed E-state index contributed by atoms with van der Waals surface area (Å²) in [5.41, 5.74) is 9.51. The lowest BCUT2D eigenvalue weighted by atomic mass is 9.94. The van der Waals surface area contributed by atoms with Crippen LogP contribution >= 0.6 is 34.8 Å². The van der Waals surface area contributed by atoms with Gasteiger partial charge >= 0.3 is 6.09 Å². The van der Waals surface area contributed by atoms with Crippen molar-refractivity contribution in [3.8, 4) is 34.1 Å². The van der Waals surface area contributed by atoms with Crippen molar-refractivity contribution in [2.24, 2.45) is 5.73 Å². The molecule has 322 valence electrons. The monoisotopic (exact) mass is 878 g/mol. The molecule has 0 unspecified atom stereocenters. The fraction of sp³-hybridized carbons (Fsp3) is 0.366. The zero-order valence-electron chi connectivity index (χ0n) is 34.7. The average Bonchev–Trinajstić information content (AvgIpc) is 3.70. The van der Waals surface area contributed by atoms with E-state index in [1.165, 1.54) is 19.1 Å². The Balaban J connectivity index is 0.000000637. The Morgan fingerprint density at radius 1 is 0.949 bits per heavy atom. The molecule has 15 nitrogen and oxygen atoms in total. The third-order valence-corrected chi connectivity index (χ3v) is 8.80. The van der Waals surface area contributed by atoms with Crippen LogP contribution in [0.1, 0.15) is 18.9 Å². The van der Waals surface area contributed by atoms with Gasteiger partial charge in [0.25, 0.3) is 3.79 Å². The number of rotatable bonds is 12. The first-order chi connectivity index (χ1) is 28.1. The van der Waals surface area contributed by atoms with Gasteiger partial charge in [-0.25, -0.2) is 4.79 Å². The highest BCUT2D eigenvalue weighted by Crippen LogP contribution is 2.46. The van der Waals surface area contributed by atoms with Gasteiger partial charge in [0.05, 0.1) is 38.0 Å². The molecule has 18 heteroatoms. The van der Waals surface area contributed by atoms with Crippen molar-refractivity contribution in [1.82, 2.24) is 4.90 Å². The van der Waals surface area contributed by atoms with Crippen molar-refractivity contribution in [1.29, 1.82) is 5.41 Å². The lowest BCUT2D eigenvalue weighted by molar-refractivity contribution is -0.108. The van der Waals surface area contributed by atoms with Gasteiger partial charge in [0.1, 0.15) is 6.29 Å². The molecule has 0 atom stereocenters. The van der Waals surface area contributed by atoms with Gasteiger partial charge < -0.3 is 54.1 Å². The standard InChI is InChI=1S/C33H36N4O6.C3H4Cl3NO.C3H6O.C2H7NO/c1-21-15-31(43-33(39)36(5)27-10-8-7-9-26(27)34-2)28(40-6)17-24(21)23-12-11-22-16-29-30(42-20-41-29)18-25(22)32(23)37(19-38)14-13-35(3)4;1-8-2(7)3(4,5)6;1-2-3-4;1-4-2-3/h7-12,15-19,34H,13-14,20H2,1-6H3;7H,1H3;3H,2H2,1H3;2-3H2,1H3. The lowest BCUT2D eigenvalue weighted by Crippen LogP contribution is -2.31. The van der Waals surface area contributed by atoms with Crippen LogP contribution in [0.25, 0.3) is 21.9 Å². The molecule has 4 aromatic rings. The van der Waals surface area contributed by atoms with Gasteiger partial charge in [-0.05, 0) is 73.9 Å². The number of ether oxygens (including phenoxy) is 6.